The second-order valence-electron chi connectivity index (χ2n) is 3.91. The molecule has 1 heterocycles. The van der Waals surface area contributed by atoms with Crippen LogP contribution in [-0.2, 0) is 6.42 Å². The van der Waals surface area contributed by atoms with Crippen molar-refractivity contribution in [1.29, 1.82) is 0 Å². The van der Waals surface area contributed by atoms with Gasteiger partial charge in [-0.1, -0.05) is 46.3 Å². The van der Waals surface area contributed by atoms with Crippen molar-refractivity contribution >= 4 is 15.9 Å². The maximum absolute atomic E-state index is 12.0. The summed E-state index contributed by atoms with van der Waals surface area (Å²) in [6.45, 7) is 0. The molecule has 0 saturated heterocycles. The SMILES string of the molecule is COc1cccn(C(Br)Cc2ccccc2)c1=O. The highest BCUT2D eigenvalue weighted by Crippen LogP contribution is 2.19. The molecule has 0 aliphatic rings. The topological polar surface area (TPSA) is 31.2 Å². The molecule has 0 saturated carbocycles. The molecule has 1 aromatic heterocycles. The van der Waals surface area contributed by atoms with Gasteiger partial charge in [0.25, 0.3) is 5.56 Å². The van der Waals surface area contributed by atoms with Gasteiger partial charge in [-0.15, -0.1) is 0 Å². The minimum Gasteiger partial charge on any atom is -0.491 e. The Balaban J connectivity index is 2.24. The van der Waals surface area contributed by atoms with Gasteiger partial charge in [0.15, 0.2) is 5.75 Å². The number of methoxy groups -OCH3 is 1. The number of alkyl halides is 1. The highest BCUT2D eigenvalue weighted by molar-refractivity contribution is 9.09. The molecular formula is C14H14BrNO2. The Hall–Kier alpha value is -1.55. The van der Waals surface area contributed by atoms with E-state index in [0.29, 0.717) is 5.75 Å². The molecule has 2 aromatic rings. The first-order chi connectivity index (χ1) is 8.72. The molecule has 0 radical (unpaired) electrons. The fourth-order valence-electron chi connectivity index (χ4n) is 1.77. The Bertz CT molecular complexity index is 566. The summed E-state index contributed by atoms with van der Waals surface area (Å²) in [7, 11) is 1.50. The number of hydrogen-bond donors (Lipinski definition) is 0. The van der Waals surface area contributed by atoms with E-state index in [1.807, 2.05) is 30.3 Å². The minimum absolute atomic E-state index is 0.0810. The van der Waals surface area contributed by atoms with Crippen LogP contribution < -0.4 is 10.3 Å². The maximum Gasteiger partial charge on any atom is 0.293 e. The highest BCUT2D eigenvalue weighted by Gasteiger charge is 2.11. The average Bonchev–Trinajstić information content (AvgIpc) is 2.40. The smallest absolute Gasteiger partial charge is 0.293 e. The molecule has 1 aromatic carbocycles. The molecule has 0 amide bonds. The highest BCUT2D eigenvalue weighted by atomic mass is 79.9. The van der Waals surface area contributed by atoms with Crippen molar-refractivity contribution in [3.8, 4) is 5.75 Å². The minimum atomic E-state index is -0.127. The zero-order valence-corrected chi connectivity index (χ0v) is 11.6. The molecule has 0 bridgehead atoms. The second-order valence-corrected chi connectivity index (χ2v) is 4.97. The van der Waals surface area contributed by atoms with Crippen LogP contribution in [0.2, 0.25) is 0 Å². The lowest BCUT2D eigenvalue weighted by atomic mass is 10.1. The Labute approximate surface area is 114 Å². The summed E-state index contributed by atoms with van der Waals surface area (Å²) in [6, 6.07) is 13.5. The third-order valence-electron chi connectivity index (χ3n) is 2.71. The number of nitrogens with zero attached hydrogens (tertiary/aromatic N) is 1. The van der Waals surface area contributed by atoms with E-state index < -0.39 is 0 Å². The van der Waals surface area contributed by atoms with Crippen molar-refractivity contribution in [2.45, 2.75) is 11.4 Å². The largest absolute Gasteiger partial charge is 0.491 e. The number of pyridine rings is 1. The van der Waals surface area contributed by atoms with Gasteiger partial charge >= 0.3 is 0 Å². The standard InChI is InChI=1S/C14H14BrNO2/c1-18-12-8-5-9-16(14(12)17)13(15)10-11-6-3-2-4-7-11/h2-9,13H,10H2,1H3. The van der Waals surface area contributed by atoms with Crippen LogP contribution in [0.25, 0.3) is 0 Å². The lowest BCUT2D eigenvalue weighted by Crippen LogP contribution is -2.23. The predicted octanol–water partition coefficient (Wildman–Crippen LogP) is 2.99. The average molecular weight is 308 g/mol. The summed E-state index contributed by atoms with van der Waals surface area (Å²) in [5, 5.41) is 0. The second kappa shape index (κ2) is 5.87. The maximum atomic E-state index is 12.0. The van der Waals surface area contributed by atoms with Crippen molar-refractivity contribution in [2.24, 2.45) is 0 Å². The lowest BCUT2D eigenvalue weighted by molar-refractivity contribution is 0.402. The van der Waals surface area contributed by atoms with Crippen molar-refractivity contribution < 1.29 is 4.74 Å². The van der Waals surface area contributed by atoms with Gasteiger partial charge in [-0.05, 0) is 17.7 Å². The van der Waals surface area contributed by atoms with Gasteiger partial charge in [-0.3, -0.25) is 9.36 Å². The van der Waals surface area contributed by atoms with Crippen LogP contribution in [0, 0.1) is 0 Å². The Kier molecular flexibility index (Phi) is 4.20. The number of hydrogen-bond acceptors (Lipinski definition) is 2. The van der Waals surface area contributed by atoms with Gasteiger partial charge in [0.05, 0.1) is 12.1 Å². The first-order valence-corrected chi connectivity index (χ1v) is 6.57. The van der Waals surface area contributed by atoms with Crippen LogP contribution in [0.15, 0.2) is 53.5 Å². The molecule has 1 atom stereocenters. The molecular weight excluding hydrogens is 294 g/mol. The zero-order valence-electron chi connectivity index (χ0n) is 10.0. The monoisotopic (exact) mass is 307 g/mol. The number of benzene rings is 1. The van der Waals surface area contributed by atoms with Gasteiger partial charge in [-0.2, -0.15) is 0 Å². The number of rotatable bonds is 4. The molecule has 0 fully saturated rings. The molecule has 0 aliphatic heterocycles. The van der Waals surface area contributed by atoms with E-state index in [2.05, 4.69) is 15.9 Å². The number of halogens is 1. The van der Waals surface area contributed by atoms with Crippen molar-refractivity contribution in [3.63, 3.8) is 0 Å². The van der Waals surface area contributed by atoms with Crippen LogP contribution in [0.1, 0.15) is 10.5 Å². The third kappa shape index (κ3) is 2.82. The lowest BCUT2D eigenvalue weighted by Gasteiger charge is -2.14. The van der Waals surface area contributed by atoms with Crippen LogP contribution in [0.5, 0.6) is 5.75 Å². The van der Waals surface area contributed by atoms with Crippen LogP contribution in [0.3, 0.4) is 0 Å². The molecule has 2 rings (SSSR count). The first-order valence-electron chi connectivity index (χ1n) is 5.65. The quantitative estimate of drug-likeness (QED) is 0.813. The predicted molar refractivity (Wildman–Crippen MR) is 75.4 cm³/mol. The normalized spacial score (nSPS) is 12.1. The summed E-state index contributed by atoms with van der Waals surface area (Å²) >= 11 is 3.54. The van der Waals surface area contributed by atoms with Gasteiger partial charge < -0.3 is 4.74 Å². The Morgan fingerprint density at radius 2 is 1.94 bits per heavy atom. The van der Waals surface area contributed by atoms with E-state index in [9.17, 15) is 4.79 Å². The first kappa shape index (κ1) is 12.9. The Morgan fingerprint density at radius 1 is 1.22 bits per heavy atom. The van der Waals surface area contributed by atoms with Gasteiger partial charge in [0.2, 0.25) is 0 Å². The summed E-state index contributed by atoms with van der Waals surface area (Å²) in [6.07, 6.45) is 2.50. The van der Waals surface area contributed by atoms with Crippen molar-refractivity contribution in [2.75, 3.05) is 7.11 Å². The van der Waals surface area contributed by atoms with Gasteiger partial charge in [0, 0.05) is 12.6 Å². The third-order valence-corrected chi connectivity index (χ3v) is 3.47. The molecule has 0 aliphatic carbocycles. The van der Waals surface area contributed by atoms with E-state index in [1.54, 1.807) is 22.9 Å². The van der Waals surface area contributed by atoms with Crippen LogP contribution >= 0.6 is 15.9 Å². The Morgan fingerprint density at radius 3 is 2.61 bits per heavy atom. The summed E-state index contributed by atoms with van der Waals surface area (Å²) in [4.78, 5) is 12.0. The van der Waals surface area contributed by atoms with Gasteiger partial charge in [0.1, 0.15) is 0 Å². The molecule has 4 heteroatoms. The fourth-order valence-corrected chi connectivity index (χ4v) is 2.47. The molecule has 1 unspecified atom stereocenters. The molecule has 0 spiro atoms. The number of ether oxygens (including phenoxy) is 1. The van der Waals surface area contributed by atoms with Crippen molar-refractivity contribution in [3.05, 3.63) is 64.6 Å². The van der Waals surface area contributed by atoms with E-state index in [0.717, 1.165) is 6.42 Å². The molecule has 18 heavy (non-hydrogen) atoms. The number of aromatic nitrogens is 1. The van der Waals surface area contributed by atoms with E-state index in [4.69, 9.17) is 4.74 Å². The summed E-state index contributed by atoms with van der Waals surface area (Å²) in [5.74, 6) is 0.356. The molecule has 3 nitrogen and oxygen atoms in total. The molecule has 94 valence electrons. The van der Waals surface area contributed by atoms with Crippen LogP contribution in [-0.4, -0.2) is 11.7 Å². The fraction of sp³-hybridized carbons (Fsp3) is 0.214. The van der Waals surface area contributed by atoms with Crippen LogP contribution in [0.4, 0.5) is 0 Å². The molecule has 0 N–H and O–H groups in total. The summed E-state index contributed by atoms with van der Waals surface area (Å²) < 4.78 is 6.66. The van der Waals surface area contributed by atoms with E-state index >= 15 is 0 Å². The zero-order chi connectivity index (χ0) is 13.0. The van der Waals surface area contributed by atoms with Gasteiger partial charge in [-0.25, -0.2) is 0 Å². The van der Waals surface area contributed by atoms with E-state index in [-0.39, 0.29) is 10.5 Å². The van der Waals surface area contributed by atoms with Crippen molar-refractivity contribution in [1.82, 2.24) is 4.57 Å². The van der Waals surface area contributed by atoms with E-state index in [1.165, 1.54) is 12.7 Å². The summed E-state index contributed by atoms with van der Waals surface area (Å²) in [5.41, 5.74) is 1.05.